The van der Waals surface area contributed by atoms with E-state index in [1.807, 2.05) is 27.7 Å². The predicted molar refractivity (Wildman–Crippen MR) is 62.9 cm³/mol. The SMILES string of the molecule is COC(=O)C(C(=O)CSC(C)C)C(C)C. The molecule has 0 radical (unpaired) electrons. The summed E-state index contributed by atoms with van der Waals surface area (Å²) in [6.45, 7) is 7.78. The zero-order valence-corrected chi connectivity index (χ0v) is 10.9. The van der Waals surface area contributed by atoms with Crippen molar-refractivity contribution < 1.29 is 14.3 Å². The number of esters is 1. The van der Waals surface area contributed by atoms with E-state index in [1.165, 1.54) is 7.11 Å². The molecule has 3 nitrogen and oxygen atoms in total. The summed E-state index contributed by atoms with van der Waals surface area (Å²) in [5.41, 5.74) is 0. The van der Waals surface area contributed by atoms with Gasteiger partial charge in [0, 0.05) is 0 Å². The lowest BCUT2D eigenvalue weighted by atomic mass is 9.92. The van der Waals surface area contributed by atoms with Crippen LogP contribution in [0.1, 0.15) is 27.7 Å². The van der Waals surface area contributed by atoms with Gasteiger partial charge < -0.3 is 4.74 Å². The van der Waals surface area contributed by atoms with Crippen molar-refractivity contribution >= 4 is 23.5 Å². The van der Waals surface area contributed by atoms with Crippen LogP contribution in [0.5, 0.6) is 0 Å². The second-order valence-corrected chi connectivity index (χ2v) is 5.64. The molecule has 0 aliphatic heterocycles. The van der Waals surface area contributed by atoms with E-state index in [4.69, 9.17) is 0 Å². The van der Waals surface area contributed by atoms with Gasteiger partial charge in [-0.1, -0.05) is 27.7 Å². The highest BCUT2D eigenvalue weighted by Crippen LogP contribution is 2.18. The van der Waals surface area contributed by atoms with E-state index in [2.05, 4.69) is 4.74 Å². The van der Waals surface area contributed by atoms with E-state index in [-0.39, 0.29) is 11.7 Å². The molecule has 0 saturated carbocycles. The number of methoxy groups -OCH3 is 1. The van der Waals surface area contributed by atoms with Crippen LogP contribution >= 0.6 is 11.8 Å². The van der Waals surface area contributed by atoms with Gasteiger partial charge in [0.25, 0.3) is 0 Å². The van der Waals surface area contributed by atoms with Gasteiger partial charge in [-0.2, -0.15) is 11.8 Å². The standard InChI is InChI=1S/C11H20O3S/c1-7(2)10(11(13)14-5)9(12)6-15-8(3)4/h7-8,10H,6H2,1-5H3. The van der Waals surface area contributed by atoms with Crippen LogP contribution in [-0.4, -0.2) is 29.9 Å². The summed E-state index contributed by atoms with van der Waals surface area (Å²) < 4.78 is 4.63. The van der Waals surface area contributed by atoms with E-state index in [9.17, 15) is 9.59 Å². The Morgan fingerprint density at radius 3 is 2.07 bits per heavy atom. The molecule has 0 aromatic heterocycles. The lowest BCUT2D eigenvalue weighted by Crippen LogP contribution is -2.31. The molecule has 1 unspecified atom stereocenters. The predicted octanol–water partition coefficient (Wildman–Crippen LogP) is 2.14. The highest BCUT2D eigenvalue weighted by molar-refractivity contribution is 8.00. The van der Waals surface area contributed by atoms with E-state index in [0.717, 1.165) is 0 Å². The molecular formula is C11H20O3S. The fourth-order valence-corrected chi connectivity index (χ4v) is 1.92. The topological polar surface area (TPSA) is 43.4 Å². The molecule has 0 spiro atoms. The van der Waals surface area contributed by atoms with Crippen molar-refractivity contribution in [3.8, 4) is 0 Å². The summed E-state index contributed by atoms with van der Waals surface area (Å²) in [5, 5.41) is 0.402. The summed E-state index contributed by atoms with van der Waals surface area (Å²) in [6.07, 6.45) is 0. The van der Waals surface area contributed by atoms with Crippen molar-refractivity contribution in [3.63, 3.8) is 0 Å². The minimum Gasteiger partial charge on any atom is -0.468 e. The summed E-state index contributed by atoms with van der Waals surface area (Å²) in [6, 6.07) is 0. The van der Waals surface area contributed by atoms with Crippen LogP contribution in [0.15, 0.2) is 0 Å². The van der Waals surface area contributed by atoms with Crippen LogP contribution in [-0.2, 0) is 14.3 Å². The van der Waals surface area contributed by atoms with Gasteiger partial charge in [0.1, 0.15) is 5.92 Å². The molecule has 0 N–H and O–H groups in total. The normalized spacial score (nSPS) is 13.0. The Hall–Kier alpha value is -0.510. The summed E-state index contributed by atoms with van der Waals surface area (Å²) >= 11 is 1.56. The number of ether oxygens (including phenoxy) is 1. The number of hydrogen-bond donors (Lipinski definition) is 0. The fourth-order valence-electron chi connectivity index (χ4n) is 1.24. The number of ketones is 1. The van der Waals surface area contributed by atoms with Crippen molar-refractivity contribution in [3.05, 3.63) is 0 Å². The molecule has 0 rings (SSSR count). The number of rotatable bonds is 6. The van der Waals surface area contributed by atoms with Crippen LogP contribution in [0.25, 0.3) is 0 Å². The maximum absolute atomic E-state index is 11.8. The Morgan fingerprint density at radius 2 is 1.73 bits per heavy atom. The van der Waals surface area contributed by atoms with Crippen molar-refractivity contribution in [2.45, 2.75) is 32.9 Å². The van der Waals surface area contributed by atoms with E-state index >= 15 is 0 Å². The third kappa shape index (κ3) is 5.21. The van der Waals surface area contributed by atoms with Gasteiger partial charge in [0.2, 0.25) is 0 Å². The average Bonchev–Trinajstić information content (AvgIpc) is 2.14. The maximum Gasteiger partial charge on any atom is 0.316 e. The second kappa shape index (κ2) is 6.88. The van der Waals surface area contributed by atoms with Gasteiger partial charge in [-0.3, -0.25) is 9.59 Å². The first-order valence-electron chi connectivity index (χ1n) is 5.12. The molecule has 0 heterocycles. The zero-order valence-electron chi connectivity index (χ0n) is 10.1. The summed E-state index contributed by atoms with van der Waals surface area (Å²) in [7, 11) is 1.32. The molecular weight excluding hydrogens is 212 g/mol. The Bertz CT molecular complexity index is 224. The van der Waals surface area contributed by atoms with Crippen LogP contribution in [0.4, 0.5) is 0 Å². The molecule has 0 bridgehead atoms. The second-order valence-electron chi connectivity index (χ2n) is 4.07. The van der Waals surface area contributed by atoms with Gasteiger partial charge in [0.05, 0.1) is 12.9 Å². The monoisotopic (exact) mass is 232 g/mol. The van der Waals surface area contributed by atoms with Gasteiger partial charge in [-0.25, -0.2) is 0 Å². The van der Waals surface area contributed by atoms with E-state index < -0.39 is 11.9 Å². The molecule has 0 aromatic carbocycles. The van der Waals surface area contributed by atoms with E-state index in [1.54, 1.807) is 11.8 Å². The van der Waals surface area contributed by atoms with Crippen molar-refractivity contribution in [1.82, 2.24) is 0 Å². The molecule has 1 atom stereocenters. The molecule has 0 aromatic rings. The lowest BCUT2D eigenvalue weighted by molar-refractivity contribution is -0.150. The third-order valence-corrected chi connectivity index (χ3v) is 3.15. The Kier molecular flexibility index (Phi) is 6.65. The largest absolute Gasteiger partial charge is 0.468 e. The molecule has 0 aliphatic carbocycles. The zero-order chi connectivity index (χ0) is 12.0. The van der Waals surface area contributed by atoms with Crippen LogP contribution in [0.2, 0.25) is 0 Å². The van der Waals surface area contributed by atoms with Crippen molar-refractivity contribution in [1.29, 1.82) is 0 Å². The number of carbonyl (C=O) groups excluding carboxylic acids is 2. The third-order valence-electron chi connectivity index (χ3n) is 2.03. The highest BCUT2D eigenvalue weighted by Gasteiger charge is 2.30. The average molecular weight is 232 g/mol. The molecule has 0 fully saturated rings. The number of Topliss-reactive ketones (excluding diaryl/α,β-unsaturated/α-hetero) is 1. The molecule has 4 heteroatoms. The first-order valence-corrected chi connectivity index (χ1v) is 6.17. The Balaban J connectivity index is 4.37. The van der Waals surface area contributed by atoms with Crippen molar-refractivity contribution in [2.75, 3.05) is 12.9 Å². The quantitative estimate of drug-likeness (QED) is 0.520. The lowest BCUT2D eigenvalue weighted by Gasteiger charge is -2.17. The number of thioether (sulfide) groups is 1. The Labute approximate surface area is 95.9 Å². The first-order chi connectivity index (χ1) is 6.90. The van der Waals surface area contributed by atoms with Gasteiger partial charge >= 0.3 is 5.97 Å². The van der Waals surface area contributed by atoms with Crippen molar-refractivity contribution in [2.24, 2.45) is 11.8 Å². The van der Waals surface area contributed by atoms with Crippen LogP contribution in [0.3, 0.4) is 0 Å². The van der Waals surface area contributed by atoms with Gasteiger partial charge in [0.15, 0.2) is 5.78 Å². The number of hydrogen-bond acceptors (Lipinski definition) is 4. The smallest absolute Gasteiger partial charge is 0.316 e. The molecule has 0 aliphatic rings. The summed E-state index contributed by atoms with van der Waals surface area (Å²) in [5.74, 6) is -0.677. The van der Waals surface area contributed by atoms with Gasteiger partial charge in [-0.05, 0) is 11.2 Å². The van der Waals surface area contributed by atoms with E-state index in [0.29, 0.717) is 11.0 Å². The highest BCUT2D eigenvalue weighted by atomic mass is 32.2. The minimum atomic E-state index is -0.610. The summed E-state index contributed by atoms with van der Waals surface area (Å²) in [4.78, 5) is 23.2. The maximum atomic E-state index is 11.8. The van der Waals surface area contributed by atoms with Crippen LogP contribution in [0, 0.1) is 11.8 Å². The molecule has 0 saturated heterocycles. The molecule has 15 heavy (non-hydrogen) atoms. The molecule has 0 amide bonds. The first kappa shape index (κ1) is 14.5. The number of carbonyl (C=O) groups is 2. The minimum absolute atomic E-state index is 0.00212. The molecule has 88 valence electrons. The van der Waals surface area contributed by atoms with Gasteiger partial charge in [-0.15, -0.1) is 0 Å². The Morgan fingerprint density at radius 1 is 1.20 bits per heavy atom. The fraction of sp³-hybridized carbons (Fsp3) is 0.818. The van der Waals surface area contributed by atoms with Crippen LogP contribution < -0.4 is 0 Å².